The molecule has 4 rings (SSSR count). The van der Waals surface area contributed by atoms with Crippen molar-refractivity contribution < 1.29 is 9.59 Å². The van der Waals surface area contributed by atoms with E-state index in [1.54, 1.807) is 24.3 Å². The highest BCUT2D eigenvalue weighted by atomic mass is 79.9. The van der Waals surface area contributed by atoms with Gasteiger partial charge in [-0.2, -0.15) is 0 Å². The quantitative estimate of drug-likeness (QED) is 0.583. The van der Waals surface area contributed by atoms with Crippen molar-refractivity contribution in [2.24, 2.45) is 0 Å². The lowest BCUT2D eigenvalue weighted by Gasteiger charge is -2.23. The van der Waals surface area contributed by atoms with E-state index in [0.717, 1.165) is 12.0 Å². The predicted molar refractivity (Wildman–Crippen MR) is 82.4 cm³/mol. The van der Waals surface area contributed by atoms with Crippen molar-refractivity contribution in [2.45, 2.75) is 17.3 Å². The molecule has 0 bridgehead atoms. The number of benzene rings is 2. The van der Waals surface area contributed by atoms with Crippen LogP contribution in [0.2, 0.25) is 0 Å². The summed E-state index contributed by atoms with van der Waals surface area (Å²) in [6.45, 7) is 0. The topological polar surface area (TPSA) is 37.4 Å². The van der Waals surface area contributed by atoms with Gasteiger partial charge in [-0.25, -0.2) is 0 Å². The predicted octanol–water partition coefficient (Wildman–Crippen LogP) is 3.86. The van der Waals surface area contributed by atoms with Crippen LogP contribution in [0.25, 0.3) is 0 Å². The van der Waals surface area contributed by atoms with Crippen LogP contribution in [0, 0.1) is 0 Å². The smallest absolute Gasteiger partial charge is 0.262 e. The van der Waals surface area contributed by atoms with E-state index < -0.39 is 0 Å². The molecule has 0 fully saturated rings. The van der Waals surface area contributed by atoms with Gasteiger partial charge in [-0.3, -0.25) is 14.5 Å². The number of hydrogen-bond donors (Lipinski definition) is 0. The molecule has 0 saturated carbocycles. The largest absolute Gasteiger partial charge is 0.269 e. The molecule has 104 valence electrons. The van der Waals surface area contributed by atoms with Crippen LogP contribution in [-0.2, 0) is 0 Å². The molecule has 0 spiro atoms. The van der Waals surface area contributed by atoms with Crippen LogP contribution in [0.3, 0.4) is 0 Å². The maximum atomic E-state index is 12.6. The fraction of sp³-hybridized carbons (Fsp3) is 0.176. The van der Waals surface area contributed by atoms with Crippen LogP contribution in [0.4, 0.5) is 0 Å². The fourth-order valence-corrected chi connectivity index (χ4v) is 4.06. The van der Waals surface area contributed by atoms with Gasteiger partial charge in [-0.1, -0.05) is 52.3 Å². The van der Waals surface area contributed by atoms with Crippen molar-refractivity contribution in [1.29, 1.82) is 0 Å². The van der Waals surface area contributed by atoms with Crippen LogP contribution in [-0.4, -0.2) is 16.7 Å². The molecule has 0 saturated heterocycles. The van der Waals surface area contributed by atoms with E-state index in [0.29, 0.717) is 11.1 Å². The number of amides is 2. The Bertz CT molecular complexity index is 736. The molecule has 0 N–H and O–H groups in total. The number of hydrogen-bond acceptors (Lipinski definition) is 2. The summed E-state index contributed by atoms with van der Waals surface area (Å²) in [7, 11) is 0. The van der Waals surface area contributed by atoms with Gasteiger partial charge in [0.15, 0.2) is 0 Å². The number of fused-ring (bicyclic) bond motifs is 2. The minimum absolute atomic E-state index is 0.182. The number of alkyl halides is 1. The van der Waals surface area contributed by atoms with Gasteiger partial charge in [0.2, 0.25) is 0 Å². The molecule has 1 heterocycles. The van der Waals surface area contributed by atoms with Gasteiger partial charge in [-0.15, -0.1) is 0 Å². The second-order valence-corrected chi connectivity index (χ2v) is 6.48. The minimum Gasteiger partial charge on any atom is -0.269 e. The molecule has 2 aromatic carbocycles. The third kappa shape index (κ3) is 1.72. The summed E-state index contributed by atoms with van der Waals surface area (Å²) in [6.07, 6.45) is 0.727. The third-order valence-corrected chi connectivity index (χ3v) is 5.13. The van der Waals surface area contributed by atoms with Gasteiger partial charge < -0.3 is 0 Å². The van der Waals surface area contributed by atoms with Crippen molar-refractivity contribution in [1.82, 2.24) is 4.90 Å². The molecule has 1 aliphatic heterocycles. The number of carbonyl (C=O) groups is 2. The number of nitrogens with zero attached hydrogens (tertiary/aromatic N) is 1. The third-order valence-electron chi connectivity index (χ3n) is 4.26. The fourth-order valence-electron chi connectivity index (χ4n) is 3.29. The highest BCUT2D eigenvalue weighted by Gasteiger charge is 2.44. The molecule has 4 heteroatoms. The summed E-state index contributed by atoms with van der Waals surface area (Å²) in [5, 5.41) is 0. The Morgan fingerprint density at radius 2 is 1.38 bits per heavy atom. The zero-order valence-corrected chi connectivity index (χ0v) is 12.7. The van der Waals surface area contributed by atoms with Crippen LogP contribution >= 0.6 is 15.9 Å². The lowest BCUT2D eigenvalue weighted by Crippen LogP contribution is -2.33. The normalized spacial score (nSPS) is 23.4. The number of rotatable bonds is 1. The Kier molecular flexibility index (Phi) is 2.76. The van der Waals surface area contributed by atoms with Crippen molar-refractivity contribution in [3.63, 3.8) is 0 Å². The maximum Gasteiger partial charge on any atom is 0.262 e. The molecular formula is C17H12BrNO2. The van der Waals surface area contributed by atoms with Gasteiger partial charge in [0, 0.05) is 4.83 Å². The lowest BCUT2D eigenvalue weighted by atomic mass is 10.1. The van der Waals surface area contributed by atoms with Gasteiger partial charge in [-0.05, 0) is 29.7 Å². The molecule has 1 unspecified atom stereocenters. The van der Waals surface area contributed by atoms with Crippen molar-refractivity contribution in [2.75, 3.05) is 0 Å². The zero-order chi connectivity index (χ0) is 14.6. The van der Waals surface area contributed by atoms with Crippen molar-refractivity contribution in [3.8, 4) is 0 Å². The van der Waals surface area contributed by atoms with E-state index in [-0.39, 0.29) is 22.7 Å². The lowest BCUT2D eigenvalue weighted by molar-refractivity contribution is 0.0582. The minimum atomic E-state index is -0.183. The molecular weight excluding hydrogens is 330 g/mol. The Hall–Kier alpha value is -1.94. The van der Waals surface area contributed by atoms with Gasteiger partial charge in [0.25, 0.3) is 11.8 Å². The summed E-state index contributed by atoms with van der Waals surface area (Å²) in [4.78, 5) is 26.8. The van der Waals surface area contributed by atoms with Crippen LogP contribution in [0.15, 0.2) is 48.5 Å². The molecule has 3 nitrogen and oxygen atoms in total. The summed E-state index contributed by atoms with van der Waals surface area (Å²) in [5.74, 6) is -0.367. The summed E-state index contributed by atoms with van der Waals surface area (Å²) < 4.78 is 0. The number of carbonyl (C=O) groups excluding carboxylic acids is 2. The Labute approximate surface area is 130 Å². The first-order valence-corrected chi connectivity index (χ1v) is 7.80. The van der Waals surface area contributed by atoms with Crippen molar-refractivity contribution in [3.05, 3.63) is 70.8 Å². The highest BCUT2D eigenvalue weighted by molar-refractivity contribution is 9.09. The van der Waals surface area contributed by atoms with Crippen LogP contribution in [0.5, 0.6) is 0 Å². The summed E-state index contributed by atoms with van der Waals surface area (Å²) in [5.41, 5.74) is 3.25. The SMILES string of the molecule is O=C1c2ccccc2C(=O)N1[C@@H]1CC(Br)c2ccccc21. The zero-order valence-electron chi connectivity index (χ0n) is 11.1. The first-order chi connectivity index (χ1) is 10.2. The monoisotopic (exact) mass is 341 g/mol. The number of imide groups is 1. The Balaban J connectivity index is 1.80. The van der Waals surface area contributed by atoms with E-state index in [1.165, 1.54) is 10.5 Å². The molecule has 2 aromatic rings. The van der Waals surface area contributed by atoms with Gasteiger partial charge in [0.05, 0.1) is 17.2 Å². The summed E-state index contributed by atoms with van der Waals surface area (Å²) in [6, 6.07) is 14.8. The number of halogens is 1. The molecule has 1 aliphatic carbocycles. The van der Waals surface area contributed by atoms with E-state index in [2.05, 4.69) is 15.9 Å². The van der Waals surface area contributed by atoms with Crippen LogP contribution < -0.4 is 0 Å². The molecule has 2 atom stereocenters. The molecule has 0 radical (unpaired) electrons. The second-order valence-electron chi connectivity index (χ2n) is 5.37. The Morgan fingerprint density at radius 1 is 0.857 bits per heavy atom. The highest BCUT2D eigenvalue weighted by Crippen LogP contribution is 2.48. The van der Waals surface area contributed by atoms with Crippen LogP contribution in [0.1, 0.15) is 49.1 Å². The molecule has 2 aliphatic rings. The van der Waals surface area contributed by atoms with Gasteiger partial charge >= 0.3 is 0 Å². The maximum absolute atomic E-state index is 12.6. The second kappa shape index (κ2) is 4.53. The molecule has 0 aromatic heterocycles. The molecule has 21 heavy (non-hydrogen) atoms. The molecule has 2 amide bonds. The first kappa shape index (κ1) is 12.8. The van der Waals surface area contributed by atoms with Crippen molar-refractivity contribution >= 4 is 27.7 Å². The van der Waals surface area contributed by atoms with E-state index in [9.17, 15) is 9.59 Å². The van der Waals surface area contributed by atoms with E-state index in [4.69, 9.17) is 0 Å². The first-order valence-electron chi connectivity index (χ1n) is 6.88. The van der Waals surface area contributed by atoms with E-state index >= 15 is 0 Å². The Morgan fingerprint density at radius 3 is 2.00 bits per heavy atom. The van der Waals surface area contributed by atoms with E-state index in [1.807, 2.05) is 24.3 Å². The van der Waals surface area contributed by atoms with Gasteiger partial charge in [0.1, 0.15) is 0 Å². The average molecular weight is 342 g/mol. The summed E-state index contributed by atoms with van der Waals surface area (Å²) >= 11 is 3.65. The standard InChI is InChI=1S/C17H12BrNO2/c18-14-9-15(11-6-2-1-5-10(11)14)19-16(20)12-7-3-4-8-13(12)17(19)21/h1-8,14-15H,9H2/t14?,15-/m1/s1. The average Bonchev–Trinajstić information content (AvgIpc) is 2.96.